The number of carbonyl (C=O) groups excluding carboxylic acids is 1. The lowest BCUT2D eigenvalue weighted by Crippen LogP contribution is -2.17. The summed E-state index contributed by atoms with van der Waals surface area (Å²) < 4.78 is 20.1. The van der Waals surface area contributed by atoms with E-state index < -0.39 is 0 Å². The highest BCUT2D eigenvalue weighted by Crippen LogP contribution is 2.27. The maximum atomic E-state index is 13.8. The number of amides is 1. The van der Waals surface area contributed by atoms with Gasteiger partial charge in [-0.1, -0.05) is 41.6 Å². The lowest BCUT2D eigenvalue weighted by molar-refractivity contribution is -0.113. The fourth-order valence-electron chi connectivity index (χ4n) is 2.41. The Kier molecular flexibility index (Phi) is 6.37. The quantitative estimate of drug-likeness (QED) is 0.449. The van der Waals surface area contributed by atoms with Crippen LogP contribution in [-0.4, -0.2) is 33.6 Å². The van der Waals surface area contributed by atoms with E-state index in [1.807, 2.05) is 0 Å². The number of anilines is 1. The minimum absolute atomic E-state index is 0.0681. The Balaban J connectivity index is 1.59. The van der Waals surface area contributed by atoms with E-state index in [4.69, 9.17) is 22.2 Å². The molecule has 2 aromatic carbocycles. The van der Waals surface area contributed by atoms with Gasteiger partial charge >= 0.3 is 0 Å². The summed E-state index contributed by atoms with van der Waals surface area (Å²) in [5.41, 5.74) is 1.01. The Morgan fingerprint density at radius 3 is 2.82 bits per heavy atom. The van der Waals surface area contributed by atoms with Gasteiger partial charge in [0.05, 0.1) is 17.9 Å². The molecule has 0 unspecified atom stereocenters. The molecule has 3 rings (SSSR count). The summed E-state index contributed by atoms with van der Waals surface area (Å²) in [7, 11) is 1.51. The molecule has 0 saturated carbocycles. The molecule has 28 heavy (non-hydrogen) atoms. The fourth-order valence-corrected chi connectivity index (χ4v) is 3.34. The van der Waals surface area contributed by atoms with Gasteiger partial charge < -0.3 is 15.9 Å². The van der Waals surface area contributed by atoms with E-state index in [2.05, 4.69) is 15.5 Å². The number of thioether (sulfide) groups is 1. The minimum atomic E-state index is -0.336. The molecule has 146 valence electrons. The van der Waals surface area contributed by atoms with Gasteiger partial charge in [-0.3, -0.25) is 4.79 Å². The number of ether oxygens (including phenoxy) is 1. The van der Waals surface area contributed by atoms with E-state index in [1.54, 1.807) is 36.4 Å². The van der Waals surface area contributed by atoms with E-state index in [0.29, 0.717) is 33.0 Å². The molecule has 0 saturated heterocycles. The third-order valence-corrected chi connectivity index (χ3v) is 5.05. The van der Waals surface area contributed by atoms with Crippen LogP contribution in [0.1, 0.15) is 11.4 Å². The Morgan fingerprint density at radius 2 is 2.11 bits per heavy atom. The standard InChI is InChI=1S/C18H17ClFN5O2S/c1-27-15-7-6-12(9-13(15)19)22-17(26)10-28-18-24-23-16(25(18)21)8-11-4-2-3-5-14(11)20/h2-7,9H,8,10,21H2,1H3,(H,22,26). The van der Waals surface area contributed by atoms with Crippen LogP contribution in [0.25, 0.3) is 0 Å². The molecule has 7 nitrogen and oxygen atoms in total. The molecule has 0 atom stereocenters. The lowest BCUT2D eigenvalue weighted by atomic mass is 10.1. The maximum absolute atomic E-state index is 13.8. The van der Waals surface area contributed by atoms with Gasteiger partial charge in [0, 0.05) is 12.1 Å². The summed E-state index contributed by atoms with van der Waals surface area (Å²) in [5, 5.41) is 11.4. The van der Waals surface area contributed by atoms with Crippen molar-refractivity contribution in [3.63, 3.8) is 0 Å². The summed E-state index contributed by atoms with van der Waals surface area (Å²) in [6.07, 6.45) is 0.202. The summed E-state index contributed by atoms with van der Waals surface area (Å²) in [6.45, 7) is 0. The van der Waals surface area contributed by atoms with Crippen LogP contribution >= 0.6 is 23.4 Å². The van der Waals surface area contributed by atoms with Gasteiger partial charge in [0.2, 0.25) is 11.1 Å². The van der Waals surface area contributed by atoms with Crippen molar-refractivity contribution >= 4 is 35.0 Å². The number of nitrogens with zero attached hydrogens (tertiary/aromatic N) is 3. The number of nitrogen functional groups attached to an aromatic ring is 1. The molecule has 10 heteroatoms. The predicted octanol–water partition coefficient (Wildman–Crippen LogP) is 3.11. The number of carbonyl (C=O) groups is 1. The molecule has 3 aromatic rings. The van der Waals surface area contributed by atoms with Gasteiger partial charge in [0.1, 0.15) is 11.6 Å². The van der Waals surface area contributed by atoms with E-state index >= 15 is 0 Å². The van der Waals surface area contributed by atoms with Crippen molar-refractivity contribution in [3.8, 4) is 5.75 Å². The molecule has 0 radical (unpaired) electrons. The first-order valence-corrected chi connectivity index (χ1v) is 9.53. The summed E-state index contributed by atoms with van der Waals surface area (Å²) in [4.78, 5) is 12.2. The van der Waals surface area contributed by atoms with Crippen LogP contribution in [0.3, 0.4) is 0 Å². The zero-order chi connectivity index (χ0) is 20.1. The largest absolute Gasteiger partial charge is 0.495 e. The van der Waals surface area contributed by atoms with Gasteiger partial charge in [-0.15, -0.1) is 10.2 Å². The van der Waals surface area contributed by atoms with Crippen molar-refractivity contribution in [3.05, 3.63) is 64.7 Å². The third-order valence-electron chi connectivity index (χ3n) is 3.81. The molecular weight excluding hydrogens is 405 g/mol. The van der Waals surface area contributed by atoms with Crippen LogP contribution in [0.2, 0.25) is 5.02 Å². The number of aromatic nitrogens is 3. The van der Waals surface area contributed by atoms with E-state index in [0.717, 1.165) is 11.8 Å². The molecule has 0 aliphatic rings. The highest BCUT2D eigenvalue weighted by molar-refractivity contribution is 7.99. The molecule has 1 aromatic heterocycles. The van der Waals surface area contributed by atoms with Crippen molar-refractivity contribution in [2.24, 2.45) is 0 Å². The second-order valence-electron chi connectivity index (χ2n) is 5.72. The van der Waals surface area contributed by atoms with Crippen LogP contribution in [0.5, 0.6) is 5.75 Å². The lowest BCUT2D eigenvalue weighted by Gasteiger charge is -2.08. The number of rotatable bonds is 7. The number of nitrogens with one attached hydrogen (secondary N) is 1. The molecule has 0 bridgehead atoms. The molecule has 1 amide bonds. The SMILES string of the molecule is COc1ccc(NC(=O)CSc2nnc(Cc3ccccc3F)n2N)cc1Cl. The highest BCUT2D eigenvalue weighted by atomic mass is 35.5. The van der Waals surface area contributed by atoms with Gasteiger partial charge in [-0.25, -0.2) is 9.07 Å². The first kappa shape index (κ1) is 20.0. The Morgan fingerprint density at radius 1 is 1.32 bits per heavy atom. The maximum Gasteiger partial charge on any atom is 0.234 e. The van der Waals surface area contributed by atoms with Crippen LogP contribution in [0.4, 0.5) is 10.1 Å². The Labute approximate surface area is 170 Å². The number of nitrogens with two attached hydrogens (primary N) is 1. The summed E-state index contributed by atoms with van der Waals surface area (Å²) >= 11 is 7.16. The summed E-state index contributed by atoms with van der Waals surface area (Å²) in [5.74, 6) is 6.37. The van der Waals surface area contributed by atoms with Gasteiger partial charge in [-0.2, -0.15) is 0 Å². The number of hydrogen-bond donors (Lipinski definition) is 2. The van der Waals surface area contributed by atoms with Gasteiger partial charge in [0.25, 0.3) is 0 Å². The molecule has 0 aliphatic carbocycles. The second-order valence-corrected chi connectivity index (χ2v) is 7.07. The van der Waals surface area contributed by atoms with Crippen molar-refractivity contribution in [2.45, 2.75) is 11.6 Å². The number of hydrogen-bond acceptors (Lipinski definition) is 6. The van der Waals surface area contributed by atoms with Crippen molar-refractivity contribution in [1.82, 2.24) is 14.9 Å². The fraction of sp³-hybridized carbons (Fsp3) is 0.167. The summed E-state index contributed by atoms with van der Waals surface area (Å²) in [6, 6.07) is 11.3. The van der Waals surface area contributed by atoms with Crippen LogP contribution in [0, 0.1) is 5.82 Å². The van der Waals surface area contributed by atoms with E-state index in [9.17, 15) is 9.18 Å². The van der Waals surface area contributed by atoms with Crippen LogP contribution < -0.4 is 15.9 Å². The third kappa shape index (κ3) is 4.73. The van der Waals surface area contributed by atoms with Crippen molar-refractivity contribution in [2.75, 3.05) is 24.0 Å². The number of halogens is 2. The monoisotopic (exact) mass is 421 g/mol. The topological polar surface area (TPSA) is 95.1 Å². The predicted molar refractivity (Wildman–Crippen MR) is 107 cm³/mol. The molecular formula is C18H17ClFN5O2S. The van der Waals surface area contributed by atoms with Gasteiger partial charge in [0.15, 0.2) is 5.82 Å². The second kappa shape index (κ2) is 8.94. The average Bonchev–Trinajstić information content (AvgIpc) is 3.02. The molecule has 1 heterocycles. The smallest absolute Gasteiger partial charge is 0.234 e. The number of benzene rings is 2. The average molecular weight is 422 g/mol. The zero-order valence-corrected chi connectivity index (χ0v) is 16.4. The van der Waals surface area contributed by atoms with Crippen molar-refractivity contribution < 1.29 is 13.9 Å². The zero-order valence-electron chi connectivity index (χ0n) is 14.9. The van der Waals surface area contributed by atoms with E-state index in [1.165, 1.54) is 17.9 Å². The minimum Gasteiger partial charge on any atom is -0.495 e. The molecule has 3 N–H and O–H groups in total. The molecule has 0 aliphatic heterocycles. The first-order valence-electron chi connectivity index (χ1n) is 8.17. The highest BCUT2D eigenvalue weighted by Gasteiger charge is 2.14. The Bertz CT molecular complexity index is 998. The molecule has 0 spiro atoms. The van der Waals surface area contributed by atoms with Crippen molar-refractivity contribution in [1.29, 1.82) is 0 Å². The normalized spacial score (nSPS) is 10.7. The van der Waals surface area contributed by atoms with Crippen LogP contribution in [0.15, 0.2) is 47.6 Å². The Hall–Kier alpha value is -2.78. The molecule has 0 fully saturated rings. The first-order chi connectivity index (χ1) is 13.5. The van der Waals surface area contributed by atoms with E-state index in [-0.39, 0.29) is 23.9 Å². The van der Waals surface area contributed by atoms with Crippen LogP contribution in [-0.2, 0) is 11.2 Å². The van der Waals surface area contributed by atoms with Gasteiger partial charge in [-0.05, 0) is 29.8 Å². The number of methoxy groups -OCH3 is 1.